The standard InChI is InChI=1S/C25H44N2O2Si/c1-24(2,3)30(4,5)29-22-16-11-17-25(18-26)23(22)20-14-9-10-15-21(20)28-27(25)19-12-7-6-8-13-19/h19-23H,6-17H2,1-5H3. The van der Waals surface area contributed by atoms with Crippen molar-refractivity contribution < 1.29 is 9.26 Å². The lowest BCUT2D eigenvalue weighted by Gasteiger charge is -2.61. The zero-order valence-corrected chi connectivity index (χ0v) is 21.1. The van der Waals surface area contributed by atoms with Crippen molar-refractivity contribution >= 4 is 8.32 Å². The minimum Gasteiger partial charge on any atom is -0.414 e. The summed E-state index contributed by atoms with van der Waals surface area (Å²) in [5.41, 5.74) is -0.494. The van der Waals surface area contributed by atoms with E-state index in [1.165, 1.54) is 51.4 Å². The fourth-order valence-electron chi connectivity index (χ4n) is 6.62. The van der Waals surface area contributed by atoms with Crippen molar-refractivity contribution in [2.45, 2.75) is 140 Å². The smallest absolute Gasteiger partial charge is 0.192 e. The van der Waals surface area contributed by atoms with Crippen molar-refractivity contribution in [3.63, 3.8) is 0 Å². The Bertz CT molecular complexity index is 649. The van der Waals surface area contributed by atoms with E-state index in [2.05, 4.69) is 45.0 Å². The van der Waals surface area contributed by atoms with Crippen LogP contribution in [0.15, 0.2) is 0 Å². The van der Waals surface area contributed by atoms with Gasteiger partial charge in [-0.3, -0.25) is 4.84 Å². The molecule has 1 saturated heterocycles. The van der Waals surface area contributed by atoms with E-state index in [1.807, 2.05) is 0 Å². The lowest BCUT2D eigenvalue weighted by atomic mass is 9.60. The Hall–Kier alpha value is -0.413. The van der Waals surface area contributed by atoms with E-state index in [0.717, 1.165) is 25.7 Å². The molecule has 1 aliphatic heterocycles. The van der Waals surface area contributed by atoms with Gasteiger partial charge in [0.25, 0.3) is 0 Å². The Labute approximate surface area is 185 Å². The summed E-state index contributed by atoms with van der Waals surface area (Å²) in [5, 5.41) is 13.2. The second-order valence-electron chi connectivity index (χ2n) is 12.1. The fraction of sp³-hybridized carbons (Fsp3) is 0.960. The van der Waals surface area contributed by atoms with Crippen LogP contribution in [0.5, 0.6) is 0 Å². The maximum Gasteiger partial charge on any atom is 0.192 e. The molecule has 3 saturated carbocycles. The molecule has 4 rings (SSSR count). The van der Waals surface area contributed by atoms with Gasteiger partial charge in [-0.1, -0.05) is 52.9 Å². The summed E-state index contributed by atoms with van der Waals surface area (Å²) in [6, 6.07) is 3.30. The second kappa shape index (κ2) is 8.50. The summed E-state index contributed by atoms with van der Waals surface area (Å²) in [4.78, 5) is 6.81. The van der Waals surface area contributed by atoms with Gasteiger partial charge in [-0.05, 0) is 69.0 Å². The average Bonchev–Trinajstić information content (AvgIpc) is 2.72. The van der Waals surface area contributed by atoms with E-state index in [4.69, 9.17) is 9.26 Å². The molecular formula is C25H44N2O2Si. The molecule has 5 unspecified atom stereocenters. The normalized spacial score (nSPS) is 39.1. The number of nitrogens with zero attached hydrogens (tertiary/aromatic N) is 2. The molecule has 0 amide bonds. The monoisotopic (exact) mass is 432 g/mol. The highest BCUT2D eigenvalue weighted by Gasteiger charge is 2.62. The SMILES string of the molecule is CC(C)(C)[Si](C)(C)OC1CCCC2(C#N)C1C1CCCCC1ON2C1CCCCC1. The van der Waals surface area contributed by atoms with Crippen molar-refractivity contribution in [2.75, 3.05) is 0 Å². The largest absolute Gasteiger partial charge is 0.414 e. The minimum absolute atomic E-state index is 0.194. The summed E-state index contributed by atoms with van der Waals surface area (Å²) >= 11 is 0. The molecule has 170 valence electrons. The molecule has 0 aromatic rings. The van der Waals surface area contributed by atoms with E-state index in [1.54, 1.807) is 0 Å². The number of hydroxylamine groups is 2. The molecule has 0 spiro atoms. The van der Waals surface area contributed by atoms with Gasteiger partial charge in [-0.25, -0.2) is 0 Å². The van der Waals surface area contributed by atoms with Gasteiger partial charge < -0.3 is 4.43 Å². The van der Waals surface area contributed by atoms with E-state index >= 15 is 0 Å². The highest BCUT2D eigenvalue weighted by Crippen LogP contribution is 2.55. The maximum absolute atomic E-state index is 10.7. The topological polar surface area (TPSA) is 45.5 Å². The van der Waals surface area contributed by atoms with Crippen molar-refractivity contribution in [3.8, 4) is 6.07 Å². The molecule has 30 heavy (non-hydrogen) atoms. The second-order valence-corrected chi connectivity index (χ2v) is 16.8. The molecule has 4 nitrogen and oxygen atoms in total. The molecule has 3 aliphatic carbocycles. The molecule has 4 aliphatic rings. The molecule has 0 bridgehead atoms. The van der Waals surface area contributed by atoms with Crippen LogP contribution in [0.1, 0.15) is 97.8 Å². The van der Waals surface area contributed by atoms with Crippen LogP contribution in [0.4, 0.5) is 0 Å². The summed E-state index contributed by atoms with van der Waals surface area (Å²) in [6.45, 7) is 11.8. The Morgan fingerprint density at radius 1 is 0.967 bits per heavy atom. The van der Waals surface area contributed by atoms with Crippen LogP contribution in [0.3, 0.4) is 0 Å². The molecule has 0 aromatic carbocycles. The predicted molar refractivity (Wildman–Crippen MR) is 123 cm³/mol. The number of nitriles is 1. The first kappa shape index (κ1) is 22.8. The van der Waals surface area contributed by atoms with Crippen molar-refractivity contribution in [2.24, 2.45) is 11.8 Å². The molecule has 5 heteroatoms. The highest BCUT2D eigenvalue weighted by atomic mass is 28.4. The molecule has 1 heterocycles. The van der Waals surface area contributed by atoms with E-state index in [9.17, 15) is 5.26 Å². The van der Waals surface area contributed by atoms with Crippen molar-refractivity contribution in [1.29, 1.82) is 5.26 Å². The quantitative estimate of drug-likeness (QED) is 0.473. The van der Waals surface area contributed by atoms with Gasteiger partial charge in [0, 0.05) is 12.0 Å². The third-order valence-electron chi connectivity index (χ3n) is 9.21. The number of hydrogen-bond donors (Lipinski definition) is 0. The van der Waals surface area contributed by atoms with Gasteiger partial charge in [-0.2, -0.15) is 10.3 Å². The molecule has 5 atom stereocenters. The van der Waals surface area contributed by atoms with Crippen LogP contribution in [-0.2, 0) is 9.26 Å². The van der Waals surface area contributed by atoms with Crippen LogP contribution in [0, 0.1) is 23.2 Å². The van der Waals surface area contributed by atoms with Gasteiger partial charge in [0.15, 0.2) is 8.32 Å². The predicted octanol–water partition coefficient (Wildman–Crippen LogP) is 6.58. The van der Waals surface area contributed by atoms with Crippen LogP contribution < -0.4 is 0 Å². The number of rotatable bonds is 3. The number of fused-ring (bicyclic) bond motifs is 3. The van der Waals surface area contributed by atoms with E-state index < -0.39 is 13.9 Å². The lowest BCUT2D eigenvalue weighted by molar-refractivity contribution is -0.345. The Morgan fingerprint density at radius 3 is 2.30 bits per heavy atom. The Balaban J connectivity index is 1.71. The summed E-state index contributed by atoms with van der Waals surface area (Å²) in [5.74, 6) is 0.777. The van der Waals surface area contributed by atoms with Gasteiger partial charge in [0.2, 0.25) is 0 Å². The molecule has 0 radical (unpaired) electrons. The van der Waals surface area contributed by atoms with E-state index in [0.29, 0.717) is 17.9 Å². The van der Waals surface area contributed by atoms with Crippen LogP contribution in [0.25, 0.3) is 0 Å². The van der Waals surface area contributed by atoms with Gasteiger partial charge >= 0.3 is 0 Å². The molecule has 0 N–H and O–H groups in total. The molecule has 4 fully saturated rings. The summed E-state index contributed by atoms with van der Waals surface area (Å²) in [7, 11) is -1.90. The summed E-state index contributed by atoms with van der Waals surface area (Å²) in [6.07, 6.45) is 14.8. The van der Waals surface area contributed by atoms with Crippen molar-refractivity contribution in [3.05, 3.63) is 0 Å². The zero-order valence-electron chi connectivity index (χ0n) is 20.1. The third-order valence-corrected chi connectivity index (χ3v) is 13.7. The van der Waals surface area contributed by atoms with Gasteiger partial charge in [0.05, 0.1) is 18.3 Å². The molecular weight excluding hydrogens is 388 g/mol. The Morgan fingerprint density at radius 2 is 1.63 bits per heavy atom. The number of hydrogen-bond acceptors (Lipinski definition) is 4. The van der Waals surface area contributed by atoms with Crippen LogP contribution in [0.2, 0.25) is 18.1 Å². The molecule has 0 aromatic heterocycles. The average molecular weight is 433 g/mol. The van der Waals surface area contributed by atoms with E-state index in [-0.39, 0.29) is 17.2 Å². The summed E-state index contributed by atoms with van der Waals surface area (Å²) < 4.78 is 7.13. The van der Waals surface area contributed by atoms with Crippen LogP contribution >= 0.6 is 0 Å². The van der Waals surface area contributed by atoms with Gasteiger partial charge in [0.1, 0.15) is 5.54 Å². The first-order valence-corrected chi connectivity index (χ1v) is 15.7. The van der Waals surface area contributed by atoms with Gasteiger partial charge in [-0.15, -0.1) is 0 Å². The van der Waals surface area contributed by atoms with Crippen molar-refractivity contribution in [1.82, 2.24) is 5.06 Å². The maximum atomic E-state index is 10.7. The fourth-order valence-corrected chi connectivity index (χ4v) is 7.99. The lowest BCUT2D eigenvalue weighted by Crippen LogP contribution is -2.70. The first-order valence-electron chi connectivity index (χ1n) is 12.7. The Kier molecular flexibility index (Phi) is 6.45. The van der Waals surface area contributed by atoms with Crippen LogP contribution in [-0.4, -0.2) is 37.2 Å². The first-order chi connectivity index (χ1) is 14.2. The third kappa shape index (κ3) is 3.91. The highest BCUT2D eigenvalue weighted by molar-refractivity contribution is 6.74. The zero-order chi connectivity index (χ0) is 21.6. The minimum atomic E-state index is -1.90.